The highest BCUT2D eigenvalue weighted by Crippen LogP contribution is 2.12. The van der Waals surface area contributed by atoms with Crippen LogP contribution >= 0.6 is 0 Å². The standard InChI is InChI=1S/C14H16N4O/c19-13-5-2-1-4-12(13)10-15-6-3-7-16-11-14-17-8-9-18-14/h1-2,4-5,8-11,19H,3,6-7H2,(H,17,18). The molecule has 1 aromatic heterocycles. The van der Waals surface area contributed by atoms with Crippen molar-refractivity contribution < 1.29 is 5.11 Å². The van der Waals surface area contributed by atoms with Crippen LogP contribution in [0.15, 0.2) is 46.6 Å². The van der Waals surface area contributed by atoms with Crippen LogP contribution in [0.5, 0.6) is 5.75 Å². The lowest BCUT2D eigenvalue weighted by Gasteiger charge is -1.96. The maximum Gasteiger partial charge on any atom is 0.147 e. The number of hydrogen-bond acceptors (Lipinski definition) is 4. The summed E-state index contributed by atoms with van der Waals surface area (Å²) in [5, 5.41) is 9.53. The van der Waals surface area contributed by atoms with Crippen molar-refractivity contribution in [3.63, 3.8) is 0 Å². The molecule has 19 heavy (non-hydrogen) atoms. The van der Waals surface area contributed by atoms with Crippen LogP contribution in [0.3, 0.4) is 0 Å². The molecular weight excluding hydrogens is 240 g/mol. The molecule has 0 aliphatic heterocycles. The Morgan fingerprint density at radius 1 is 1.16 bits per heavy atom. The lowest BCUT2D eigenvalue weighted by Crippen LogP contribution is -1.90. The van der Waals surface area contributed by atoms with Crippen LogP contribution in [0.25, 0.3) is 0 Å². The maximum absolute atomic E-state index is 9.53. The Labute approximate surface area is 111 Å². The van der Waals surface area contributed by atoms with Crippen LogP contribution in [0.2, 0.25) is 0 Å². The van der Waals surface area contributed by atoms with Crippen molar-refractivity contribution in [2.75, 3.05) is 13.1 Å². The summed E-state index contributed by atoms with van der Waals surface area (Å²) in [5.41, 5.74) is 0.738. The molecule has 0 saturated carbocycles. The van der Waals surface area contributed by atoms with Crippen molar-refractivity contribution >= 4 is 12.4 Å². The summed E-state index contributed by atoms with van der Waals surface area (Å²) in [5.74, 6) is 1.01. The van der Waals surface area contributed by atoms with Crippen LogP contribution in [0, 0.1) is 0 Å². The van der Waals surface area contributed by atoms with Gasteiger partial charge in [-0.2, -0.15) is 0 Å². The SMILES string of the molecule is Oc1ccccc1C=NCCCN=Cc1ncc[nH]1. The molecule has 5 nitrogen and oxygen atoms in total. The molecule has 0 radical (unpaired) electrons. The van der Waals surface area contributed by atoms with Gasteiger partial charge in [-0.3, -0.25) is 9.98 Å². The van der Waals surface area contributed by atoms with E-state index in [1.807, 2.05) is 12.1 Å². The Kier molecular flexibility index (Phi) is 4.87. The molecule has 1 aromatic carbocycles. The third-order valence-electron chi connectivity index (χ3n) is 2.47. The van der Waals surface area contributed by atoms with E-state index in [1.54, 1.807) is 37.0 Å². The van der Waals surface area contributed by atoms with Gasteiger partial charge in [-0.25, -0.2) is 4.98 Å². The largest absolute Gasteiger partial charge is 0.507 e. The van der Waals surface area contributed by atoms with Gasteiger partial charge in [-0.1, -0.05) is 12.1 Å². The number of imidazole rings is 1. The van der Waals surface area contributed by atoms with Gasteiger partial charge in [0.2, 0.25) is 0 Å². The number of H-pyrrole nitrogens is 1. The molecule has 5 heteroatoms. The average Bonchev–Trinajstić information content (AvgIpc) is 2.93. The Bertz CT molecular complexity index is 546. The van der Waals surface area contributed by atoms with Gasteiger partial charge in [0.1, 0.15) is 11.6 Å². The van der Waals surface area contributed by atoms with Gasteiger partial charge in [-0.05, 0) is 18.6 Å². The van der Waals surface area contributed by atoms with E-state index in [4.69, 9.17) is 0 Å². The second-order valence-corrected chi connectivity index (χ2v) is 3.96. The molecule has 0 unspecified atom stereocenters. The second kappa shape index (κ2) is 7.10. The zero-order chi connectivity index (χ0) is 13.3. The van der Waals surface area contributed by atoms with E-state index in [0.717, 1.165) is 17.8 Å². The third kappa shape index (κ3) is 4.39. The van der Waals surface area contributed by atoms with Gasteiger partial charge in [0.15, 0.2) is 0 Å². The minimum Gasteiger partial charge on any atom is -0.507 e. The quantitative estimate of drug-likeness (QED) is 0.613. The first kappa shape index (κ1) is 13.0. The molecule has 0 aliphatic rings. The first-order chi connectivity index (χ1) is 9.36. The van der Waals surface area contributed by atoms with Crippen molar-refractivity contribution in [3.05, 3.63) is 48.0 Å². The van der Waals surface area contributed by atoms with Gasteiger partial charge in [-0.15, -0.1) is 0 Å². The van der Waals surface area contributed by atoms with Crippen molar-refractivity contribution in [2.45, 2.75) is 6.42 Å². The van der Waals surface area contributed by atoms with Crippen LogP contribution in [0.1, 0.15) is 17.8 Å². The molecular formula is C14H16N4O. The zero-order valence-corrected chi connectivity index (χ0v) is 10.5. The number of benzene rings is 1. The van der Waals surface area contributed by atoms with E-state index in [0.29, 0.717) is 13.1 Å². The van der Waals surface area contributed by atoms with Crippen LogP contribution in [-0.2, 0) is 0 Å². The highest BCUT2D eigenvalue weighted by molar-refractivity contribution is 5.83. The zero-order valence-electron chi connectivity index (χ0n) is 10.5. The summed E-state index contributed by atoms with van der Waals surface area (Å²) >= 11 is 0. The highest BCUT2D eigenvalue weighted by atomic mass is 16.3. The van der Waals surface area contributed by atoms with Crippen molar-refractivity contribution in [1.29, 1.82) is 0 Å². The van der Waals surface area contributed by atoms with E-state index in [2.05, 4.69) is 20.0 Å². The number of phenols is 1. The Morgan fingerprint density at radius 2 is 1.95 bits per heavy atom. The van der Waals surface area contributed by atoms with E-state index >= 15 is 0 Å². The van der Waals surface area contributed by atoms with Crippen molar-refractivity contribution in [2.24, 2.45) is 9.98 Å². The molecule has 2 N–H and O–H groups in total. The minimum atomic E-state index is 0.252. The number of rotatable bonds is 6. The van der Waals surface area contributed by atoms with Crippen LogP contribution < -0.4 is 0 Å². The second-order valence-electron chi connectivity index (χ2n) is 3.96. The normalized spacial score (nSPS) is 11.6. The molecule has 0 amide bonds. The Morgan fingerprint density at radius 3 is 2.68 bits per heavy atom. The van der Waals surface area contributed by atoms with Crippen LogP contribution in [-0.4, -0.2) is 40.6 Å². The molecule has 0 fully saturated rings. The summed E-state index contributed by atoms with van der Waals surface area (Å²) in [4.78, 5) is 15.5. The maximum atomic E-state index is 9.53. The number of aromatic amines is 1. The Hall–Kier alpha value is -2.43. The van der Waals surface area contributed by atoms with Gasteiger partial charge >= 0.3 is 0 Å². The summed E-state index contributed by atoms with van der Waals surface area (Å²) in [6.45, 7) is 1.39. The van der Waals surface area contributed by atoms with E-state index in [1.165, 1.54) is 0 Å². The monoisotopic (exact) mass is 256 g/mol. The smallest absolute Gasteiger partial charge is 0.147 e. The number of para-hydroxylation sites is 1. The number of nitrogens with one attached hydrogen (secondary N) is 1. The first-order valence-electron chi connectivity index (χ1n) is 6.13. The molecule has 2 aromatic rings. The summed E-state index contributed by atoms with van der Waals surface area (Å²) in [6, 6.07) is 7.13. The van der Waals surface area contributed by atoms with Crippen LogP contribution in [0.4, 0.5) is 0 Å². The Balaban J connectivity index is 1.68. The summed E-state index contributed by atoms with van der Waals surface area (Å²) < 4.78 is 0. The minimum absolute atomic E-state index is 0.252. The topological polar surface area (TPSA) is 73.6 Å². The molecule has 0 spiro atoms. The van der Waals surface area contributed by atoms with Crippen molar-refractivity contribution in [3.8, 4) is 5.75 Å². The average molecular weight is 256 g/mol. The molecule has 98 valence electrons. The number of aliphatic imine (C=N–C) groups is 2. The van der Waals surface area contributed by atoms with Crippen molar-refractivity contribution in [1.82, 2.24) is 9.97 Å². The number of aromatic nitrogens is 2. The molecule has 1 heterocycles. The molecule has 0 atom stereocenters. The fourth-order valence-corrected chi connectivity index (χ4v) is 1.51. The predicted molar refractivity (Wildman–Crippen MR) is 76.2 cm³/mol. The van der Waals surface area contributed by atoms with Gasteiger partial charge < -0.3 is 10.1 Å². The molecule has 0 aliphatic carbocycles. The fourth-order valence-electron chi connectivity index (χ4n) is 1.51. The molecule has 0 bridgehead atoms. The lowest BCUT2D eigenvalue weighted by molar-refractivity contribution is 0.474. The van der Waals surface area contributed by atoms with Gasteiger partial charge in [0, 0.05) is 37.3 Å². The van der Waals surface area contributed by atoms with Gasteiger partial charge in [0.05, 0.1) is 6.21 Å². The number of aromatic hydroxyl groups is 1. The first-order valence-corrected chi connectivity index (χ1v) is 6.13. The molecule has 2 rings (SSSR count). The van der Waals surface area contributed by atoms with E-state index in [9.17, 15) is 5.11 Å². The molecule has 0 saturated heterocycles. The van der Waals surface area contributed by atoms with Gasteiger partial charge in [0.25, 0.3) is 0 Å². The number of nitrogens with zero attached hydrogens (tertiary/aromatic N) is 3. The number of hydrogen-bond donors (Lipinski definition) is 2. The van der Waals surface area contributed by atoms with E-state index in [-0.39, 0.29) is 5.75 Å². The lowest BCUT2D eigenvalue weighted by atomic mass is 10.2. The fraction of sp³-hybridized carbons (Fsp3) is 0.214. The third-order valence-corrected chi connectivity index (χ3v) is 2.47. The number of phenolic OH excluding ortho intramolecular Hbond substituents is 1. The highest BCUT2D eigenvalue weighted by Gasteiger charge is 1.93. The predicted octanol–water partition coefficient (Wildman–Crippen LogP) is 2.04. The van der Waals surface area contributed by atoms with E-state index < -0.39 is 0 Å². The summed E-state index contributed by atoms with van der Waals surface area (Å²) in [6.07, 6.45) is 7.72. The summed E-state index contributed by atoms with van der Waals surface area (Å²) in [7, 11) is 0.